The molecule has 1 aromatic rings. The lowest BCUT2D eigenvalue weighted by Gasteiger charge is -2.38. The zero-order valence-corrected chi connectivity index (χ0v) is 16.7. The van der Waals surface area contributed by atoms with E-state index in [1.165, 1.54) is 11.1 Å². The molecule has 0 radical (unpaired) electrons. The summed E-state index contributed by atoms with van der Waals surface area (Å²) in [6.45, 7) is 7.74. The highest BCUT2D eigenvalue weighted by atomic mass is 16.2. The van der Waals surface area contributed by atoms with E-state index in [2.05, 4.69) is 16.9 Å². The van der Waals surface area contributed by atoms with Gasteiger partial charge in [0.15, 0.2) is 0 Å². The first kappa shape index (κ1) is 21.9. The Labute approximate surface area is 170 Å². The van der Waals surface area contributed by atoms with Crippen molar-refractivity contribution < 1.29 is 14.4 Å². The van der Waals surface area contributed by atoms with E-state index in [1.807, 2.05) is 25.2 Å². The van der Waals surface area contributed by atoms with Gasteiger partial charge >= 0.3 is 11.8 Å². The summed E-state index contributed by atoms with van der Waals surface area (Å²) in [5.74, 6) is -2.22. The van der Waals surface area contributed by atoms with Crippen LogP contribution in [0.1, 0.15) is 25.3 Å². The quantitative estimate of drug-likeness (QED) is 0.514. The number of nitrogen functional groups attached to an aromatic ring is 1. The van der Waals surface area contributed by atoms with Gasteiger partial charge in [-0.3, -0.25) is 14.4 Å². The summed E-state index contributed by atoms with van der Waals surface area (Å²) in [5, 5.41) is 2.54. The fourth-order valence-corrected chi connectivity index (χ4v) is 3.18. The summed E-state index contributed by atoms with van der Waals surface area (Å²) >= 11 is 0. The van der Waals surface area contributed by atoms with E-state index in [-0.39, 0.29) is 6.54 Å². The summed E-state index contributed by atoms with van der Waals surface area (Å²) in [6.07, 6.45) is 9.72. The molecule has 154 valence electrons. The number of pyridine rings is 1. The third-order valence-corrected chi connectivity index (χ3v) is 4.86. The SMILES string of the molecule is C=C(/C=C\C=C/C)[C@@H]1CCC(C(N)=O)CN1C(=O)C(=O)Nc1cnc(N)c(C)c1. The molecule has 1 fully saturated rings. The van der Waals surface area contributed by atoms with Crippen LogP contribution in [-0.2, 0) is 14.4 Å². The monoisotopic (exact) mass is 397 g/mol. The molecule has 0 bridgehead atoms. The van der Waals surface area contributed by atoms with Crippen molar-refractivity contribution in [1.82, 2.24) is 9.88 Å². The molecule has 1 unspecified atom stereocenters. The van der Waals surface area contributed by atoms with Crippen LogP contribution in [0.25, 0.3) is 0 Å². The normalized spacial score (nSPS) is 19.4. The topological polar surface area (TPSA) is 131 Å². The second-order valence-corrected chi connectivity index (χ2v) is 6.99. The molecule has 0 aromatic carbocycles. The maximum absolute atomic E-state index is 12.9. The van der Waals surface area contributed by atoms with Crippen molar-refractivity contribution >= 4 is 29.2 Å². The largest absolute Gasteiger partial charge is 0.383 e. The van der Waals surface area contributed by atoms with Gasteiger partial charge in [0.05, 0.1) is 23.8 Å². The van der Waals surface area contributed by atoms with Gasteiger partial charge in [0, 0.05) is 6.54 Å². The third-order valence-electron chi connectivity index (χ3n) is 4.86. The van der Waals surface area contributed by atoms with Crippen molar-refractivity contribution in [1.29, 1.82) is 0 Å². The Balaban J connectivity index is 2.21. The Hall–Kier alpha value is -3.42. The van der Waals surface area contributed by atoms with E-state index in [0.717, 1.165) is 0 Å². The zero-order chi connectivity index (χ0) is 21.6. The van der Waals surface area contributed by atoms with Crippen molar-refractivity contribution in [3.63, 3.8) is 0 Å². The highest BCUT2D eigenvalue weighted by molar-refractivity contribution is 6.39. The Morgan fingerprint density at radius 3 is 2.66 bits per heavy atom. The molecule has 0 saturated carbocycles. The molecule has 8 nitrogen and oxygen atoms in total. The number of rotatable bonds is 5. The Bertz CT molecular complexity index is 875. The molecule has 1 aliphatic rings. The van der Waals surface area contributed by atoms with Gasteiger partial charge in [-0.1, -0.05) is 30.9 Å². The van der Waals surface area contributed by atoms with Crippen LogP contribution in [0.15, 0.2) is 48.7 Å². The van der Waals surface area contributed by atoms with Gasteiger partial charge in [-0.15, -0.1) is 0 Å². The molecule has 2 atom stereocenters. The van der Waals surface area contributed by atoms with E-state index in [0.29, 0.717) is 35.5 Å². The minimum Gasteiger partial charge on any atom is -0.383 e. The number of nitrogens with zero attached hydrogens (tertiary/aromatic N) is 2. The Morgan fingerprint density at radius 2 is 2.03 bits per heavy atom. The van der Waals surface area contributed by atoms with Gasteiger partial charge in [0.1, 0.15) is 5.82 Å². The first-order valence-corrected chi connectivity index (χ1v) is 9.36. The lowest BCUT2D eigenvalue weighted by molar-refractivity contribution is -0.146. The maximum atomic E-state index is 12.9. The number of carbonyl (C=O) groups excluding carboxylic acids is 3. The second kappa shape index (κ2) is 9.68. The summed E-state index contributed by atoms with van der Waals surface area (Å²) in [5.41, 5.74) is 12.8. The average molecular weight is 397 g/mol. The lowest BCUT2D eigenvalue weighted by Crippen LogP contribution is -2.53. The molecule has 2 heterocycles. The third kappa shape index (κ3) is 5.54. The standard InChI is InChI=1S/C21H27N5O3/c1-4-5-6-7-13(2)17-9-8-15(19(23)27)12-26(17)21(29)20(28)25-16-10-14(3)18(22)24-11-16/h4-7,10-11,15,17H,2,8-9,12H2,1,3H3,(H2,22,24)(H2,23,27)(H,25,28)/b5-4-,7-6-/t15?,17-/m0/s1. The number of nitrogens with two attached hydrogens (primary N) is 2. The second-order valence-electron chi connectivity index (χ2n) is 6.99. The van der Waals surface area contributed by atoms with Crippen molar-refractivity contribution in [2.75, 3.05) is 17.6 Å². The number of allylic oxidation sites excluding steroid dienone is 3. The minimum absolute atomic E-state index is 0.0712. The smallest absolute Gasteiger partial charge is 0.313 e. The molecule has 8 heteroatoms. The molecular formula is C21H27N5O3. The van der Waals surface area contributed by atoms with Gasteiger partial charge < -0.3 is 21.7 Å². The molecule has 5 N–H and O–H groups in total. The molecule has 1 saturated heterocycles. The number of aromatic nitrogens is 1. The van der Waals surface area contributed by atoms with Crippen LogP contribution in [-0.4, -0.2) is 40.2 Å². The number of nitrogens with one attached hydrogen (secondary N) is 1. The number of amides is 3. The average Bonchev–Trinajstić information content (AvgIpc) is 2.69. The number of hydrogen-bond donors (Lipinski definition) is 3. The van der Waals surface area contributed by atoms with E-state index in [4.69, 9.17) is 11.5 Å². The summed E-state index contributed by atoms with van der Waals surface area (Å²) in [4.78, 5) is 42.5. The van der Waals surface area contributed by atoms with Crippen molar-refractivity contribution in [3.05, 3.63) is 54.3 Å². The highest BCUT2D eigenvalue weighted by Crippen LogP contribution is 2.27. The summed E-state index contributed by atoms with van der Waals surface area (Å²) in [6, 6.07) is 1.24. The Morgan fingerprint density at radius 1 is 1.31 bits per heavy atom. The predicted molar refractivity (Wildman–Crippen MR) is 113 cm³/mol. The summed E-state index contributed by atoms with van der Waals surface area (Å²) in [7, 11) is 0. The minimum atomic E-state index is -0.823. The maximum Gasteiger partial charge on any atom is 0.313 e. The van der Waals surface area contributed by atoms with Gasteiger partial charge in [-0.2, -0.15) is 0 Å². The first-order chi connectivity index (χ1) is 13.7. The number of carbonyl (C=O) groups is 3. The van der Waals surface area contributed by atoms with E-state index >= 15 is 0 Å². The van der Waals surface area contributed by atoms with Gasteiger partial charge in [-0.25, -0.2) is 4.98 Å². The van der Waals surface area contributed by atoms with Crippen molar-refractivity contribution in [3.8, 4) is 0 Å². The molecule has 1 aromatic heterocycles. The van der Waals surface area contributed by atoms with Crippen LogP contribution in [0.2, 0.25) is 0 Å². The molecule has 1 aliphatic heterocycles. The van der Waals surface area contributed by atoms with Crippen LogP contribution in [0.3, 0.4) is 0 Å². The van der Waals surface area contributed by atoms with Crippen LogP contribution in [0.4, 0.5) is 11.5 Å². The van der Waals surface area contributed by atoms with E-state index in [1.54, 1.807) is 19.1 Å². The summed E-state index contributed by atoms with van der Waals surface area (Å²) < 4.78 is 0. The van der Waals surface area contributed by atoms with Crippen LogP contribution in [0, 0.1) is 12.8 Å². The van der Waals surface area contributed by atoms with Gasteiger partial charge in [-0.05, 0) is 43.9 Å². The van der Waals surface area contributed by atoms with Gasteiger partial charge in [0.25, 0.3) is 0 Å². The van der Waals surface area contributed by atoms with E-state index < -0.39 is 29.7 Å². The number of piperidine rings is 1. The molecular weight excluding hydrogens is 370 g/mol. The number of likely N-dealkylation sites (tertiary alicyclic amines) is 1. The van der Waals surface area contributed by atoms with Crippen LogP contribution < -0.4 is 16.8 Å². The highest BCUT2D eigenvalue weighted by Gasteiger charge is 2.37. The fourth-order valence-electron chi connectivity index (χ4n) is 3.18. The van der Waals surface area contributed by atoms with Crippen molar-refractivity contribution in [2.45, 2.75) is 32.7 Å². The molecule has 0 spiro atoms. The number of aryl methyl sites for hydroxylation is 1. The molecule has 3 amide bonds. The van der Waals surface area contributed by atoms with Crippen LogP contribution >= 0.6 is 0 Å². The van der Waals surface area contributed by atoms with Crippen molar-refractivity contribution in [2.24, 2.45) is 11.7 Å². The number of primary amides is 1. The lowest BCUT2D eigenvalue weighted by atomic mass is 9.88. The fraction of sp³-hybridized carbons (Fsp3) is 0.333. The Kier molecular flexibility index (Phi) is 7.30. The first-order valence-electron chi connectivity index (χ1n) is 9.36. The zero-order valence-electron chi connectivity index (χ0n) is 16.7. The molecule has 0 aliphatic carbocycles. The molecule has 2 rings (SSSR count). The van der Waals surface area contributed by atoms with Gasteiger partial charge in [0.2, 0.25) is 5.91 Å². The van der Waals surface area contributed by atoms with Crippen LogP contribution in [0.5, 0.6) is 0 Å². The van der Waals surface area contributed by atoms with E-state index in [9.17, 15) is 14.4 Å². The predicted octanol–water partition coefficient (Wildman–Crippen LogP) is 1.69. The number of anilines is 2. The number of hydrogen-bond acceptors (Lipinski definition) is 5. The molecule has 29 heavy (non-hydrogen) atoms.